The molecule has 0 amide bonds. The summed E-state index contributed by atoms with van der Waals surface area (Å²) in [6.07, 6.45) is 8.06. The van der Waals surface area contributed by atoms with Crippen LogP contribution in [0.4, 0.5) is 17.1 Å². The number of nitrogens with one attached hydrogen (secondary N) is 1. The summed E-state index contributed by atoms with van der Waals surface area (Å²) >= 11 is 0. The second-order valence-electron chi connectivity index (χ2n) is 9.61. The molecule has 6 heteroatoms. The van der Waals surface area contributed by atoms with Gasteiger partial charge >= 0.3 is 5.97 Å². The highest BCUT2D eigenvalue weighted by Gasteiger charge is 2.26. The average Bonchev–Trinajstić information content (AvgIpc) is 3.67. The van der Waals surface area contributed by atoms with Crippen molar-refractivity contribution in [2.75, 3.05) is 37.4 Å². The fourth-order valence-corrected chi connectivity index (χ4v) is 4.89. The summed E-state index contributed by atoms with van der Waals surface area (Å²) in [6, 6.07) is 17.4. The number of aromatic carboxylic acids is 1. The Morgan fingerprint density at radius 2 is 1.91 bits per heavy atom. The molecule has 6 nitrogen and oxygen atoms in total. The molecule has 2 heterocycles. The Morgan fingerprint density at radius 3 is 2.65 bits per heavy atom. The van der Waals surface area contributed by atoms with Crippen LogP contribution in [-0.2, 0) is 12.8 Å². The number of anilines is 3. The lowest BCUT2D eigenvalue weighted by Gasteiger charge is -2.36. The van der Waals surface area contributed by atoms with Crippen molar-refractivity contribution in [3.63, 3.8) is 0 Å². The predicted octanol–water partition coefficient (Wildman–Crippen LogP) is 5.14. The molecular weight excluding hydrogens is 424 g/mol. The number of carboxylic acids is 1. The number of aromatic nitrogens is 1. The minimum absolute atomic E-state index is 0.159. The monoisotopic (exact) mass is 456 g/mol. The van der Waals surface area contributed by atoms with Gasteiger partial charge in [-0.1, -0.05) is 18.2 Å². The molecule has 0 spiro atoms. The van der Waals surface area contributed by atoms with Crippen LogP contribution < -0.4 is 10.2 Å². The molecule has 3 aromatic rings. The van der Waals surface area contributed by atoms with E-state index in [-0.39, 0.29) is 11.6 Å². The first kappa shape index (κ1) is 22.4. The molecule has 1 atom stereocenters. The van der Waals surface area contributed by atoms with E-state index in [0.29, 0.717) is 12.2 Å². The van der Waals surface area contributed by atoms with Crippen LogP contribution in [0.1, 0.15) is 45.9 Å². The van der Waals surface area contributed by atoms with E-state index in [1.54, 1.807) is 6.20 Å². The van der Waals surface area contributed by atoms with Gasteiger partial charge in [0, 0.05) is 37.7 Å². The molecule has 1 aliphatic carbocycles. The highest BCUT2D eigenvalue weighted by molar-refractivity contribution is 5.93. The van der Waals surface area contributed by atoms with Crippen LogP contribution in [0.25, 0.3) is 0 Å². The standard InChI is InChI=1S/C28H32N4O2/c1-31-14-12-21-16-23(32(2)22-7-5-20(6-8-22)15-19-3-4-19)9-10-24(21)27(31)18-30-26-17-29-13-11-25(26)28(33)34/h5-11,13,16-17,19,27,30H,3-4,12,14-15,18H2,1-2H3,(H,33,34)/t27-/m0/s1. The van der Waals surface area contributed by atoms with Crippen molar-refractivity contribution in [2.24, 2.45) is 5.92 Å². The SMILES string of the molecule is CN(c1ccc(CC2CC2)cc1)c1ccc2c(c1)CCN(C)[C@H]2CNc1cnccc1C(=O)O. The van der Waals surface area contributed by atoms with Crippen molar-refractivity contribution in [1.82, 2.24) is 9.88 Å². The number of carbonyl (C=O) groups is 1. The van der Waals surface area contributed by atoms with Gasteiger partial charge < -0.3 is 15.3 Å². The maximum Gasteiger partial charge on any atom is 0.337 e. The molecule has 1 aliphatic heterocycles. The van der Waals surface area contributed by atoms with Gasteiger partial charge in [0.05, 0.1) is 23.5 Å². The largest absolute Gasteiger partial charge is 0.478 e. The van der Waals surface area contributed by atoms with Crippen LogP contribution >= 0.6 is 0 Å². The van der Waals surface area contributed by atoms with E-state index in [9.17, 15) is 9.90 Å². The zero-order chi connectivity index (χ0) is 23.7. The van der Waals surface area contributed by atoms with E-state index >= 15 is 0 Å². The second kappa shape index (κ2) is 9.47. The summed E-state index contributed by atoms with van der Waals surface area (Å²) in [5, 5.41) is 12.8. The number of hydrogen-bond acceptors (Lipinski definition) is 5. The Bertz CT molecular complexity index is 1170. The maximum atomic E-state index is 11.5. The van der Waals surface area contributed by atoms with E-state index < -0.39 is 5.97 Å². The number of fused-ring (bicyclic) bond motifs is 1. The molecule has 0 saturated heterocycles. The third kappa shape index (κ3) is 4.77. The second-order valence-corrected chi connectivity index (χ2v) is 9.61. The Hall–Kier alpha value is -3.38. The minimum Gasteiger partial charge on any atom is -0.478 e. The Labute approximate surface area is 201 Å². The lowest BCUT2D eigenvalue weighted by atomic mass is 9.92. The van der Waals surface area contributed by atoms with Crippen LogP contribution in [0.3, 0.4) is 0 Å². The maximum absolute atomic E-state index is 11.5. The average molecular weight is 457 g/mol. The summed E-state index contributed by atoms with van der Waals surface area (Å²) in [7, 11) is 4.25. The molecule has 2 N–H and O–H groups in total. The summed E-state index contributed by atoms with van der Waals surface area (Å²) in [5.41, 5.74) is 7.26. The van der Waals surface area contributed by atoms with Gasteiger partial charge in [0.15, 0.2) is 0 Å². The quantitative estimate of drug-likeness (QED) is 0.489. The van der Waals surface area contributed by atoms with Crippen LogP contribution in [-0.4, -0.2) is 48.1 Å². The number of likely N-dealkylation sites (N-methyl/N-ethyl adjacent to an activating group) is 1. The fraction of sp³-hybridized carbons (Fsp3) is 0.357. The van der Waals surface area contributed by atoms with Crippen molar-refractivity contribution in [3.05, 3.63) is 83.2 Å². The Morgan fingerprint density at radius 1 is 1.15 bits per heavy atom. The molecule has 1 fully saturated rings. The van der Waals surface area contributed by atoms with Crippen molar-refractivity contribution in [1.29, 1.82) is 0 Å². The molecule has 176 valence electrons. The molecule has 34 heavy (non-hydrogen) atoms. The molecule has 0 unspecified atom stereocenters. The van der Waals surface area contributed by atoms with Gasteiger partial charge in [-0.3, -0.25) is 9.88 Å². The van der Waals surface area contributed by atoms with E-state index in [1.807, 2.05) is 0 Å². The number of pyridine rings is 1. The molecule has 0 radical (unpaired) electrons. The van der Waals surface area contributed by atoms with Gasteiger partial charge in [-0.15, -0.1) is 0 Å². The number of hydrogen-bond donors (Lipinski definition) is 2. The van der Waals surface area contributed by atoms with Crippen molar-refractivity contribution in [2.45, 2.75) is 31.7 Å². The first-order chi connectivity index (χ1) is 16.5. The van der Waals surface area contributed by atoms with Gasteiger partial charge in [-0.2, -0.15) is 0 Å². The van der Waals surface area contributed by atoms with Crippen LogP contribution in [0.2, 0.25) is 0 Å². The lowest BCUT2D eigenvalue weighted by molar-refractivity contribution is 0.0697. The topological polar surface area (TPSA) is 68.7 Å². The smallest absolute Gasteiger partial charge is 0.337 e. The van der Waals surface area contributed by atoms with E-state index in [0.717, 1.165) is 18.9 Å². The van der Waals surface area contributed by atoms with Crippen LogP contribution in [0.5, 0.6) is 0 Å². The first-order valence-electron chi connectivity index (χ1n) is 12.1. The zero-order valence-corrected chi connectivity index (χ0v) is 19.9. The number of carboxylic acid groups (broad SMARTS) is 1. The normalized spacial score (nSPS) is 17.8. The van der Waals surface area contributed by atoms with Crippen molar-refractivity contribution >= 4 is 23.0 Å². The van der Waals surface area contributed by atoms with Gasteiger partial charge in [0.2, 0.25) is 0 Å². The van der Waals surface area contributed by atoms with Crippen LogP contribution in [0.15, 0.2) is 60.9 Å². The third-order valence-corrected chi connectivity index (χ3v) is 7.22. The van der Waals surface area contributed by atoms with Gasteiger partial charge in [0.25, 0.3) is 0 Å². The summed E-state index contributed by atoms with van der Waals surface area (Å²) < 4.78 is 0. The van der Waals surface area contributed by atoms with E-state index in [1.165, 1.54) is 59.6 Å². The lowest BCUT2D eigenvalue weighted by Crippen LogP contribution is -2.36. The molecule has 2 aliphatic rings. The molecule has 1 saturated carbocycles. The zero-order valence-electron chi connectivity index (χ0n) is 19.9. The fourth-order valence-electron chi connectivity index (χ4n) is 4.89. The van der Waals surface area contributed by atoms with E-state index in [4.69, 9.17) is 0 Å². The van der Waals surface area contributed by atoms with Crippen LogP contribution in [0, 0.1) is 5.92 Å². The number of benzene rings is 2. The molecule has 5 rings (SSSR count). The van der Waals surface area contributed by atoms with Crippen molar-refractivity contribution in [3.8, 4) is 0 Å². The minimum atomic E-state index is -0.949. The highest BCUT2D eigenvalue weighted by atomic mass is 16.4. The molecular formula is C28H32N4O2. The molecule has 0 bridgehead atoms. The molecule has 2 aromatic carbocycles. The van der Waals surface area contributed by atoms with E-state index in [2.05, 4.69) is 76.7 Å². The third-order valence-electron chi connectivity index (χ3n) is 7.22. The van der Waals surface area contributed by atoms with Gasteiger partial charge in [-0.05, 0) is 85.7 Å². The summed E-state index contributed by atoms with van der Waals surface area (Å²) in [6.45, 7) is 1.58. The molecule has 1 aromatic heterocycles. The number of nitrogens with zero attached hydrogens (tertiary/aromatic N) is 3. The van der Waals surface area contributed by atoms with Gasteiger partial charge in [-0.25, -0.2) is 4.79 Å². The Kier molecular flexibility index (Phi) is 6.24. The summed E-state index contributed by atoms with van der Waals surface area (Å²) in [4.78, 5) is 20.2. The predicted molar refractivity (Wildman–Crippen MR) is 136 cm³/mol. The Balaban J connectivity index is 1.32. The first-order valence-corrected chi connectivity index (χ1v) is 12.1. The highest BCUT2D eigenvalue weighted by Crippen LogP contribution is 2.35. The number of rotatable bonds is 8. The summed E-state index contributed by atoms with van der Waals surface area (Å²) in [5.74, 6) is -0.0470. The van der Waals surface area contributed by atoms with Gasteiger partial charge in [0.1, 0.15) is 0 Å². The van der Waals surface area contributed by atoms with Crippen molar-refractivity contribution < 1.29 is 9.90 Å².